The third kappa shape index (κ3) is 2.45. The van der Waals surface area contributed by atoms with Crippen molar-refractivity contribution in [1.29, 1.82) is 0 Å². The Kier molecular flexibility index (Phi) is 3.50. The molecule has 1 aliphatic heterocycles. The number of carbonyl (C=O) groups excluding carboxylic acids is 1. The van der Waals surface area contributed by atoms with Gasteiger partial charge in [-0.15, -0.1) is 0 Å². The summed E-state index contributed by atoms with van der Waals surface area (Å²) in [5.41, 5.74) is 0.526. The maximum atomic E-state index is 12.0. The molecule has 1 aliphatic rings. The zero-order valence-electron chi connectivity index (χ0n) is 9.87. The lowest BCUT2D eigenvalue weighted by Gasteiger charge is -2.21. The van der Waals surface area contributed by atoms with Crippen LogP contribution in [0, 0.1) is 0 Å². The van der Waals surface area contributed by atoms with E-state index in [-0.39, 0.29) is 18.1 Å². The molecule has 1 heterocycles. The number of benzene rings is 1. The summed E-state index contributed by atoms with van der Waals surface area (Å²) in [6.45, 7) is 0.476. The Morgan fingerprint density at radius 1 is 1.33 bits per heavy atom. The Bertz CT molecular complexity index is 472. The van der Waals surface area contributed by atoms with Gasteiger partial charge in [0.1, 0.15) is 11.8 Å². The molecular formula is C13H15NO4. The van der Waals surface area contributed by atoms with Crippen LogP contribution in [0.3, 0.4) is 0 Å². The molecule has 96 valence electrons. The Morgan fingerprint density at radius 3 is 2.72 bits per heavy atom. The lowest BCUT2D eigenvalue weighted by Crippen LogP contribution is -2.41. The minimum Gasteiger partial charge on any atom is -0.508 e. The molecule has 1 saturated heterocycles. The molecule has 1 amide bonds. The predicted molar refractivity (Wildman–Crippen MR) is 64.2 cm³/mol. The first-order valence-corrected chi connectivity index (χ1v) is 5.88. The number of aliphatic carboxylic acids is 1. The lowest BCUT2D eigenvalue weighted by molar-refractivity contribution is -0.148. The van der Waals surface area contributed by atoms with E-state index in [9.17, 15) is 14.7 Å². The maximum absolute atomic E-state index is 12.0. The number of carboxylic acids is 1. The fourth-order valence-electron chi connectivity index (χ4n) is 2.25. The highest BCUT2D eigenvalue weighted by atomic mass is 16.4. The summed E-state index contributed by atoms with van der Waals surface area (Å²) in [6, 6.07) is 5.88. The van der Waals surface area contributed by atoms with Gasteiger partial charge in [-0.1, -0.05) is 18.2 Å². The van der Waals surface area contributed by atoms with E-state index in [1.807, 2.05) is 0 Å². The van der Waals surface area contributed by atoms with Crippen molar-refractivity contribution in [2.24, 2.45) is 0 Å². The zero-order valence-corrected chi connectivity index (χ0v) is 9.87. The molecule has 1 aromatic rings. The van der Waals surface area contributed by atoms with Gasteiger partial charge in [0.25, 0.3) is 0 Å². The van der Waals surface area contributed by atoms with Crippen LogP contribution >= 0.6 is 0 Å². The summed E-state index contributed by atoms with van der Waals surface area (Å²) in [5.74, 6) is -1.14. The number of likely N-dealkylation sites (tertiary alicyclic amines) is 1. The molecule has 2 N–H and O–H groups in total. The second-order valence-corrected chi connectivity index (χ2v) is 4.39. The highest BCUT2D eigenvalue weighted by molar-refractivity contribution is 5.85. The number of carbonyl (C=O) groups is 2. The molecule has 1 atom stereocenters. The van der Waals surface area contributed by atoms with Crippen LogP contribution in [0.25, 0.3) is 0 Å². The standard InChI is InChI=1S/C13H15NO4/c15-11-6-2-1-4-9(11)8-12(16)14-7-3-5-10(14)13(17)18/h1-2,4,6,10,15H,3,5,7-8H2,(H,17,18)/t10-/m1/s1. The lowest BCUT2D eigenvalue weighted by atomic mass is 10.1. The number of phenolic OH excluding ortho intramolecular Hbond substituents is 1. The number of aromatic hydroxyl groups is 1. The first-order valence-electron chi connectivity index (χ1n) is 5.88. The molecule has 1 fully saturated rings. The van der Waals surface area contributed by atoms with Crippen molar-refractivity contribution in [3.63, 3.8) is 0 Å². The molecular weight excluding hydrogens is 234 g/mol. The number of rotatable bonds is 3. The first-order chi connectivity index (χ1) is 8.59. The monoisotopic (exact) mass is 249 g/mol. The number of phenols is 1. The first kappa shape index (κ1) is 12.4. The van der Waals surface area contributed by atoms with Gasteiger partial charge >= 0.3 is 5.97 Å². The Hall–Kier alpha value is -2.04. The van der Waals surface area contributed by atoms with Crippen LogP contribution < -0.4 is 0 Å². The molecule has 0 saturated carbocycles. The summed E-state index contributed by atoms with van der Waals surface area (Å²) in [5, 5.41) is 18.6. The molecule has 0 spiro atoms. The molecule has 2 rings (SSSR count). The summed E-state index contributed by atoms with van der Waals surface area (Å²) < 4.78 is 0. The van der Waals surface area contributed by atoms with Gasteiger partial charge in [0, 0.05) is 12.1 Å². The van der Waals surface area contributed by atoms with Crippen LogP contribution in [-0.4, -0.2) is 39.6 Å². The summed E-state index contributed by atoms with van der Waals surface area (Å²) in [6.07, 6.45) is 1.25. The quantitative estimate of drug-likeness (QED) is 0.838. The molecule has 5 nitrogen and oxygen atoms in total. The van der Waals surface area contributed by atoms with Crippen LogP contribution in [-0.2, 0) is 16.0 Å². The number of amides is 1. The van der Waals surface area contributed by atoms with E-state index in [0.29, 0.717) is 24.9 Å². The number of hydrogen-bond acceptors (Lipinski definition) is 3. The third-order valence-electron chi connectivity index (χ3n) is 3.19. The topological polar surface area (TPSA) is 77.8 Å². The van der Waals surface area contributed by atoms with Gasteiger partial charge in [-0.2, -0.15) is 0 Å². The van der Waals surface area contributed by atoms with Crippen molar-refractivity contribution in [3.8, 4) is 5.75 Å². The van der Waals surface area contributed by atoms with Crippen LogP contribution in [0.4, 0.5) is 0 Å². The van der Waals surface area contributed by atoms with E-state index in [2.05, 4.69) is 0 Å². The minimum atomic E-state index is -0.960. The van der Waals surface area contributed by atoms with Crippen molar-refractivity contribution in [2.75, 3.05) is 6.54 Å². The average Bonchev–Trinajstić information content (AvgIpc) is 2.81. The predicted octanol–water partition coefficient (Wildman–Crippen LogP) is 1.01. The Labute approximate surface area is 105 Å². The normalized spacial score (nSPS) is 18.9. The minimum absolute atomic E-state index is 0.0381. The Morgan fingerprint density at radius 2 is 2.06 bits per heavy atom. The highest BCUT2D eigenvalue weighted by Gasteiger charge is 2.33. The SMILES string of the molecule is O=C(O)[C@H]1CCCN1C(=O)Cc1ccccc1O. The number of hydrogen-bond donors (Lipinski definition) is 2. The van der Waals surface area contributed by atoms with Crippen molar-refractivity contribution >= 4 is 11.9 Å². The van der Waals surface area contributed by atoms with E-state index in [1.165, 1.54) is 11.0 Å². The van der Waals surface area contributed by atoms with Crippen LogP contribution in [0.5, 0.6) is 5.75 Å². The van der Waals surface area contributed by atoms with E-state index >= 15 is 0 Å². The van der Waals surface area contributed by atoms with Crippen LogP contribution in [0.15, 0.2) is 24.3 Å². The van der Waals surface area contributed by atoms with Gasteiger partial charge in [0.05, 0.1) is 6.42 Å². The summed E-state index contributed by atoms with van der Waals surface area (Å²) >= 11 is 0. The highest BCUT2D eigenvalue weighted by Crippen LogP contribution is 2.21. The van der Waals surface area contributed by atoms with Gasteiger partial charge < -0.3 is 15.1 Å². The molecule has 0 radical (unpaired) electrons. The molecule has 18 heavy (non-hydrogen) atoms. The van der Waals surface area contributed by atoms with E-state index in [0.717, 1.165) is 0 Å². The Balaban J connectivity index is 2.08. The van der Waals surface area contributed by atoms with Crippen LogP contribution in [0.2, 0.25) is 0 Å². The van der Waals surface area contributed by atoms with Gasteiger partial charge in [-0.3, -0.25) is 4.79 Å². The fraction of sp³-hybridized carbons (Fsp3) is 0.385. The molecule has 0 unspecified atom stereocenters. The van der Waals surface area contributed by atoms with Gasteiger partial charge in [0.15, 0.2) is 0 Å². The van der Waals surface area contributed by atoms with Crippen molar-refractivity contribution in [2.45, 2.75) is 25.3 Å². The fourth-order valence-corrected chi connectivity index (χ4v) is 2.25. The molecule has 0 bridgehead atoms. The average molecular weight is 249 g/mol. The maximum Gasteiger partial charge on any atom is 0.326 e. The van der Waals surface area contributed by atoms with Crippen molar-refractivity contribution in [1.82, 2.24) is 4.90 Å². The van der Waals surface area contributed by atoms with E-state index < -0.39 is 12.0 Å². The number of nitrogens with zero attached hydrogens (tertiary/aromatic N) is 1. The molecule has 0 aliphatic carbocycles. The number of carboxylic acid groups (broad SMARTS) is 1. The molecule has 0 aromatic heterocycles. The van der Waals surface area contributed by atoms with Crippen LogP contribution in [0.1, 0.15) is 18.4 Å². The van der Waals surface area contributed by atoms with Gasteiger partial charge in [-0.05, 0) is 18.9 Å². The van der Waals surface area contributed by atoms with Crippen molar-refractivity contribution in [3.05, 3.63) is 29.8 Å². The zero-order chi connectivity index (χ0) is 13.1. The second kappa shape index (κ2) is 5.08. The molecule has 5 heteroatoms. The number of para-hydroxylation sites is 1. The van der Waals surface area contributed by atoms with Gasteiger partial charge in [0.2, 0.25) is 5.91 Å². The van der Waals surface area contributed by atoms with Gasteiger partial charge in [-0.25, -0.2) is 4.79 Å². The second-order valence-electron chi connectivity index (χ2n) is 4.39. The van der Waals surface area contributed by atoms with E-state index in [4.69, 9.17) is 5.11 Å². The van der Waals surface area contributed by atoms with Crippen molar-refractivity contribution < 1.29 is 19.8 Å². The summed E-state index contributed by atoms with van der Waals surface area (Å²) in [4.78, 5) is 24.4. The van der Waals surface area contributed by atoms with E-state index in [1.54, 1.807) is 18.2 Å². The summed E-state index contributed by atoms with van der Waals surface area (Å²) in [7, 11) is 0. The molecule has 1 aromatic carbocycles. The third-order valence-corrected chi connectivity index (χ3v) is 3.19. The smallest absolute Gasteiger partial charge is 0.326 e. The largest absolute Gasteiger partial charge is 0.508 e.